The SMILES string of the molecule is CC(C)[C@@H]1CC[C@@H](C)C[C@H]1OC(=O)C1=CCC[C@H]1c1ccccc1.CCOC(=O)C1=CCC[C@H]1c1ccccc1. The number of esters is 2. The minimum Gasteiger partial charge on any atom is -0.463 e. The van der Waals surface area contributed by atoms with Crippen molar-refractivity contribution in [3.63, 3.8) is 0 Å². The highest BCUT2D eigenvalue weighted by atomic mass is 16.5. The van der Waals surface area contributed by atoms with Crippen LogP contribution in [0.4, 0.5) is 0 Å². The minimum absolute atomic E-state index is 0.0777. The molecular weight excluding hydrogens is 496 g/mol. The van der Waals surface area contributed by atoms with Gasteiger partial charge in [0, 0.05) is 23.0 Å². The van der Waals surface area contributed by atoms with Crippen LogP contribution in [0.1, 0.15) is 95.6 Å². The van der Waals surface area contributed by atoms with Crippen LogP contribution in [0.25, 0.3) is 0 Å². The summed E-state index contributed by atoms with van der Waals surface area (Å²) in [7, 11) is 0. The summed E-state index contributed by atoms with van der Waals surface area (Å²) in [6.07, 6.45) is 11.6. The molecule has 4 heteroatoms. The van der Waals surface area contributed by atoms with Gasteiger partial charge in [-0.25, -0.2) is 9.59 Å². The van der Waals surface area contributed by atoms with Crippen LogP contribution >= 0.6 is 0 Å². The van der Waals surface area contributed by atoms with E-state index < -0.39 is 0 Å². The molecule has 1 fully saturated rings. The number of benzene rings is 2. The zero-order valence-corrected chi connectivity index (χ0v) is 24.7. The standard InChI is InChI=1S/C22H30O2.C14H16O2/c1-15(2)18-13-12-16(3)14-21(18)24-22(23)20-11-7-10-19(20)17-8-5-4-6-9-17;1-2-16-14(15)13-10-6-9-12(13)11-7-4-3-5-8-11/h4-6,8-9,11,15-16,18-19,21H,7,10,12-14H2,1-3H3;3-5,7-8,10,12H,2,6,9H2,1H3/t16-,18+,19+,21-;12-/m10/s1. The largest absolute Gasteiger partial charge is 0.463 e. The van der Waals surface area contributed by atoms with E-state index in [0.717, 1.165) is 43.3 Å². The van der Waals surface area contributed by atoms with E-state index in [1.54, 1.807) is 0 Å². The van der Waals surface area contributed by atoms with Gasteiger partial charge >= 0.3 is 11.9 Å². The Morgan fingerprint density at radius 2 is 1.30 bits per heavy atom. The van der Waals surface area contributed by atoms with E-state index >= 15 is 0 Å². The smallest absolute Gasteiger partial charge is 0.334 e. The normalized spacial score (nSPS) is 25.9. The van der Waals surface area contributed by atoms with E-state index in [1.165, 1.54) is 24.0 Å². The molecule has 5 rings (SSSR count). The van der Waals surface area contributed by atoms with Crippen molar-refractivity contribution < 1.29 is 19.1 Å². The Kier molecular flexibility index (Phi) is 10.8. The summed E-state index contributed by atoms with van der Waals surface area (Å²) in [4.78, 5) is 24.6. The highest BCUT2D eigenvalue weighted by Gasteiger charge is 2.36. The lowest BCUT2D eigenvalue weighted by atomic mass is 9.75. The number of rotatable bonds is 7. The summed E-state index contributed by atoms with van der Waals surface area (Å²) in [5, 5.41) is 0. The van der Waals surface area contributed by atoms with E-state index in [-0.39, 0.29) is 29.9 Å². The number of carbonyl (C=O) groups excluding carboxylic acids is 2. The topological polar surface area (TPSA) is 52.6 Å². The van der Waals surface area contributed by atoms with E-state index in [0.29, 0.717) is 24.4 Å². The van der Waals surface area contributed by atoms with Crippen molar-refractivity contribution in [2.75, 3.05) is 6.61 Å². The average molecular weight is 543 g/mol. The van der Waals surface area contributed by atoms with Gasteiger partial charge in [0.1, 0.15) is 6.10 Å². The molecule has 0 aliphatic heterocycles. The molecule has 0 spiro atoms. The summed E-state index contributed by atoms with van der Waals surface area (Å²) < 4.78 is 11.1. The van der Waals surface area contributed by atoms with Crippen LogP contribution in [0.3, 0.4) is 0 Å². The monoisotopic (exact) mass is 542 g/mol. The first kappa shape index (κ1) is 29.8. The summed E-state index contributed by atoms with van der Waals surface area (Å²) in [6.45, 7) is 9.06. The van der Waals surface area contributed by atoms with Crippen LogP contribution in [0.2, 0.25) is 0 Å². The molecule has 2 aromatic carbocycles. The molecule has 1 saturated carbocycles. The Bertz CT molecular complexity index is 1160. The Hall–Kier alpha value is -3.14. The van der Waals surface area contributed by atoms with Gasteiger partial charge < -0.3 is 9.47 Å². The predicted octanol–water partition coefficient (Wildman–Crippen LogP) is 8.55. The van der Waals surface area contributed by atoms with E-state index in [9.17, 15) is 9.59 Å². The van der Waals surface area contributed by atoms with Crippen molar-refractivity contribution in [2.45, 2.75) is 90.6 Å². The first-order chi connectivity index (χ1) is 19.4. The molecule has 0 unspecified atom stereocenters. The molecule has 0 saturated heterocycles. The molecular formula is C36H46O4. The molecule has 4 nitrogen and oxygen atoms in total. The molecule has 3 aliphatic carbocycles. The van der Waals surface area contributed by atoms with Crippen LogP contribution < -0.4 is 0 Å². The lowest BCUT2D eigenvalue weighted by Gasteiger charge is -2.37. The van der Waals surface area contributed by atoms with Crippen LogP contribution in [-0.4, -0.2) is 24.6 Å². The van der Waals surface area contributed by atoms with Crippen LogP contribution in [0.5, 0.6) is 0 Å². The molecule has 0 aromatic heterocycles. The van der Waals surface area contributed by atoms with Gasteiger partial charge in [0.25, 0.3) is 0 Å². The second-order valence-corrected chi connectivity index (χ2v) is 11.9. The third kappa shape index (κ3) is 7.53. The van der Waals surface area contributed by atoms with Gasteiger partial charge in [-0.05, 0) is 74.3 Å². The van der Waals surface area contributed by atoms with Crippen molar-refractivity contribution in [1.82, 2.24) is 0 Å². The minimum atomic E-state index is -0.158. The number of allylic oxidation sites excluding steroid dienone is 2. The molecule has 0 radical (unpaired) electrons. The quantitative estimate of drug-likeness (QED) is 0.329. The first-order valence-corrected chi connectivity index (χ1v) is 15.3. The molecule has 2 aromatic rings. The van der Waals surface area contributed by atoms with Gasteiger partial charge in [0.05, 0.1) is 6.61 Å². The van der Waals surface area contributed by atoms with Crippen molar-refractivity contribution in [1.29, 1.82) is 0 Å². The molecule has 3 aliphatic rings. The number of hydrogen-bond acceptors (Lipinski definition) is 4. The summed E-state index contributed by atoms with van der Waals surface area (Å²) >= 11 is 0. The van der Waals surface area contributed by atoms with E-state index in [4.69, 9.17) is 9.47 Å². The average Bonchev–Trinajstić information content (AvgIpc) is 3.65. The first-order valence-electron chi connectivity index (χ1n) is 15.3. The Morgan fingerprint density at radius 1 is 0.775 bits per heavy atom. The molecule has 5 atom stereocenters. The zero-order valence-electron chi connectivity index (χ0n) is 24.7. The predicted molar refractivity (Wildman–Crippen MR) is 161 cm³/mol. The number of hydrogen-bond donors (Lipinski definition) is 0. The molecule has 0 bridgehead atoms. The molecule has 0 amide bonds. The molecule has 0 heterocycles. The lowest BCUT2D eigenvalue weighted by molar-refractivity contribution is -0.151. The van der Waals surface area contributed by atoms with Crippen molar-refractivity contribution in [3.8, 4) is 0 Å². The summed E-state index contributed by atoms with van der Waals surface area (Å²) in [5.74, 6) is 1.91. The third-order valence-corrected chi connectivity index (χ3v) is 8.76. The molecule has 214 valence electrons. The number of carbonyl (C=O) groups is 2. The molecule has 40 heavy (non-hydrogen) atoms. The Labute approximate surface area is 240 Å². The maximum atomic E-state index is 12.9. The van der Waals surface area contributed by atoms with Gasteiger partial charge in [0.2, 0.25) is 0 Å². The van der Waals surface area contributed by atoms with E-state index in [2.05, 4.69) is 51.1 Å². The maximum Gasteiger partial charge on any atom is 0.334 e. The van der Waals surface area contributed by atoms with Gasteiger partial charge in [-0.2, -0.15) is 0 Å². The second kappa shape index (κ2) is 14.5. The van der Waals surface area contributed by atoms with Crippen LogP contribution in [-0.2, 0) is 19.1 Å². The fourth-order valence-corrected chi connectivity index (χ4v) is 6.59. The van der Waals surface area contributed by atoms with Gasteiger partial charge in [-0.3, -0.25) is 0 Å². The van der Waals surface area contributed by atoms with E-state index in [1.807, 2.05) is 49.4 Å². The fourth-order valence-electron chi connectivity index (χ4n) is 6.59. The summed E-state index contributed by atoms with van der Waals surface area (Å²) in [5.41, 5.74) is 4.14. The van der Waals surface area contributed by atoms with Crippen LogP contribution in [0, 0.1) is 17.8 Å². The highest BCUT2D eigenvalue weighted by Crippen LogP contribution is 2.39. The van der Waals surface area contributed by atoms with Crippen molar-refractivity contribution >= 4 is 11.9 Å². The van der Waals surface area contributed by atoms with Crippen molar-refractivity contribution in [3.05, 3.63) is 95.1 Å². The zero-order chi connectivity index (χ0) is 28.5. The van der Waals surface area contributed by atoms with Gasteiger partial charge in [0.15, 0.2) is 0 Å². The Morgan fingerprint density at radius 3 is 1.80 bits per heavy atom. The van der Waals surface area contributed by atoms with Crippen molar-refractivity contribution in [2.24, 2.45) is 17.8 Å². The molecule has 0 N–H and O–H groups in total. The second-order valence-electron chi connectivity index (χ2n) is 11.9. The van der Waals surface area contributed by atoms with Gasteiger partial charge in [-0.1, -0.05) is 100 Å². The van der Waals surface area contributed by atoms with Crippen LogP contribution in [0.15, 0.2) is 84.0 Å². The highest BCUT2D eigenvalue weighted by molar-refractivity contribution is 5.91. The third-order valence-electron chi connectivity index (χ3n) is 8.76. The summed E-state index contributed by atoms with van der Waals surface area (Å²) in [6, 6.07) is 20.5. The maximum absolute atomic E-state index is 12.9. The van der Waals surface area contributed by atoms with Gasteiger partial charge in [-0.15, -0.1) is 0 Å². The number of ether oxygens (including phenoxy) is 2. The lowest BCUT2D eigenvalue weighted by Crippen LogP contribution is -2.36. The Balaban J connectivity index is 0.000000201. The fraction of sp³-hybridized carbons (Fsp3) is 0.500.